The lowest BCUT2D eigenvalue weighted by atomic mass is 10.1. The van der Waals surface area contributed by atoms with Crippen molar-refractivity contribution in [2.24, 2.45) is 0 Å². The molecule has 0 spiro atoms. The summed E-state index contributed by atoms with van der Waals surface area (Å²) in [5.41, 5.74) is 0.717. The number of nitrogens with one attached hydrogen (secondary N) is 1. The molecule has 0 aliphatic carbocycles. The molecule has 1 atom stereocenters. The summed E-state index contributed by atoms with van der Waals surface area (Å²) >= 11 is 0. The SMILES string of the molecule is CCOc1cccc(C(=O)N2CCCC2CNC)c1.Cl. The fraction of sp³-hybridized carbons (Fsp3) is 0.533. The molecule has 1 aromatic rings. The maximum Gasteiger partial charge on any atom is 0.254 e. The van der Waals surface area contributed by atoms with Crippen LogP contribution < -0.4 is 10.1 Å². The van der Waals surface area contributed by atoms with E-state index in [1.54, 1.807) is 0 Å². The lowest BCUT2D eigenvalue weighted by Crippen LogP contribution is -2.40. The average molecular weight is 299 g/mol. The summed E-state index contributed by atoms with van der Waals surface area (Å²) < 4.78 is 5.45. The van der Waals surface area contributed by atoms with Gasteiger partial charge in [0.15, 0.2) is 0 Å². The molecule has 1 amide bonds. The normalized spacial score (nSPS) is 17.7. The van der Waals surface area contributed by atoms with Crippen molar-refractivity contribution in [1.82, 2.24) is 10.2 Å². The highest BCUT2D eigenvalue weighted by Crippen LogP contribution is 2.21. The van der Waals surface area contributed by atoms with Crippen molar-refractivity contribution in [2.45, 2.75) is 25.8 Å². The van der Waals surface area contributed by atoms with Crippen LogP contribution in [0.15, 0.2) is 24.3 Å². The lowest BCUT2D eigenvalue weighted by Gasteiger charge is -2.24. The van der Waals surface area contributed by atoms with Crippen molar-refractivity contribution in [3.63, 3.8) is 0 Å². The van der Waals surface area contributed by atoms with Gasteiger partial charge < -0.3 is 15.0 Å². The number of carbonyl (C=O) groups is 1. The van der Waals surface area contributed by atoms with Crippen molar-refractivity contribution in [3.8, 4) is 5.75 Å². The van der Waals surface area contributed by atoms with E-state index in [-0.39, 0.29) is 18.3 Å². The maximum absolute atomic E-state index is 12.5. The van der Waals surface area contributed by atoms with E-state index in [1.165, 1.54) is 0 Å². The summed E-state index contributed by atoms with van der Waals surface area (Å²) in [4.78, 5) is 14.5. The number of benzene rings is 1. The number of likely N-dealkylation sites (N-methyl/N-ethyl adjacent to an activating group) is 1. The van der Waals surface area contributed by atoms with Gasteiger partial charge in [-0.15, -0.1) is 12.4 Å². The molecule has 4 nitrogen and oxygen atoms in total. The van der Waals surface area contributed by atoms with Gasteiger partial charge in [0.2, 0.25) is 0 Å². The minimum Gasteiger partial charge on any atom is -0.494 e. The predicted molar refractivity (Wildman–Crippen MR) is 82.8 cm³/mol. The highest BCUT2D eigenvalue weighted by Gasteiger charge is 2.28. The van der Waals surface area contributed by atoms with E-state index in [0.717, 1.165) is 31.7 Å². The first-order valence-corrected chi connectivity index (χ1v) is 6.94. The summed E-state index contributed by atoms with van der Waals surface area (Å²) in [7, 11) is 1.93. The number of hydrogen-bond acceptors (Lipinski definition) is 3. The largest absolute Gasteiger partial charge is 0.494 e. The Morgan fingerprint density at radius 2 is 2.30 bits per heavy atom. The molecule has 0 radical (unpaired) electrons. The second kappa shape index (κ2) is 8.12. The summed E-state index contributed by atoms with van der Waals surface area (Å²) in [5.74, 6) is 0.872. The fourth-order valence-electron chi connectivity index (χ4n) is 2.60. The van der Waals surface area contributed by atoms with Crippen LogP contribution in [0.2, 0.25) is 0 Å². The van der Waals surface area contributed by atoms with E-state index in [2.05, 4.69) is 5.32 Å². The Balaban J connectivity index is 0.00000200. The van der Waals surface area contributed by atoms with Crippen molar-refractivity contribution >= 4 is 18.3 Å². The number of ether oxygens (including phenoxy) is 1. The number of halogens is 1. The number of carbonyl (C=O) groups excluding carboxylic acids is 1. The predicted octanol–water partition coefficient (Wildman–Crippen LogP) is 2.33. The van der Waals surface area contributed by atoms with Crippen LogP contribution in [0.3, 0.4) is 0 Å². The molecule has 0 saturated carbocycles. The van der Waals surface area contributed by atoms with Crippen molar-refractivity contribution in [1.29, 1.82) is 0 Å². The van der Waals surface area contributed by atoms with Crippen LogP contribution in [0.1, 0.15) is 30.1 Å². The minimum absolute atomic E-state index is 0. The summed E-state index contributed by atoms with van der Waals surface area (Å²) in [6, 6.07) is 7.77. The maximum atomic E-state index is 12.5. The molecule has 2 rings (SSSR count). The molecule has 5 heteroatoms. The van der Waals surface area contributed by atoms with Gasteiger partial charge in [0.05, 0.1) is 6.61 Å². The van der Waals surface area contributed by atoms with Gasteiger partial charge in [0.25, 0.3) is 5.91 Å². The Morgan fingerprint density at radius 1 is 1.50 bits per heavy atom. The van der Waals surface area contributed by atoms with Crippen molar-refractivity contribution in [3.05, 3.63) is 29.8 Å². The van der Waals surface area contributed by atoms with Gasteiger partial charge in [-0.1, -0.05) is 6.07 Å². The van der Waals surface area contributed by atoms with E-state index in [4.69, 9.17) is 4.74 Å². The van der Waals surface area contributed by atoms with Gasteiger partial charge in [0, 0.05) is 24.7 Å². The quantitative estimate of drug-likeness (QED) is 0.907. The molecular weight excluding hydrogens is 276 g/mol. The van der Waals surface area contributed by atoms with Gasteiger partial charge >= 0.3 is 0 Å². The Bertz CT molecular complexity index is 440. The summed E-state index contributed by atoms with van der Waals surface area (Å²) in [6.07, 6.45) is 2.17. The molecule has 1 N–H and O–H groups in total. The molecule has 1 aromatic carbocycles. The first-order valence-electron chi connectivity index (χ1n) is 6.94. The van der Waals surface area contributed by atoms with E-state index < -0.39 is 0 Å². The zero-order valence-electron chi connectivity index (χ0n) is 12.1. The highest BCUT2D eigenvalue weighted by molar-refractivity contribution is 5.95. The first-order chi connectivity index (χ1) is 9.26. The third-order valence-electron chi connectivity index (χ3n) is 3.47. The van der Waals surface area contributed by atoms with Gasteiger partial charge in [0.1, 0.15) is 5.75 Å². The fourth-order valence-corrected chi connectivity index (χ4v) is 2.60. The zero-order valence-corrected chi connectivity index (χ0v) is 12.9. The molecule has 1 aliphatic heterocycles. The highest BCUT2D eigenvalue weighted by atomic mass is 35.5. The van der Waals surface area contributed by atoms with Gasteiger partial charge in [-0.3, -0.25) is 4.79 Å². The smallest absolute Gasteiger partial charge is 0.254 e. The topological polar surface area (TPSA) is 41.6 Å². The Kier molecular flexibility index (Phi) is 6.82. The molecule has 1 unspecified atom stereocenters. The van der Waals surface area contributed by atoms with Gasteiger partial charge in [-0.05, 0) is 45.0 Å². The summed E-state index contributed by atoms with van der Waals surface area (Å²) in [6.45, 7) is 4.27. The first kappa shape index (κ1) is 16.8. The van der Waals surface area contributed by atoms with Crippen LogP contribution in [-0.4, -0.2) is 43.6 Å². The zero-order chi connectivity index (χ0) is 13.7. The molecule has 1 fully saturated rings. The van der Waals surface area contributed by atoms with Crippen LogP contribution in [0, 0.1) is 0 Å². The molecule has 1 saturated heterocycles. The molecular formula is C15H23ClN2O2. The number of hydrogen-bond donors (Lipinski definition) is 1. The van der Waals surface area contributed by atoms with Crippen LogP contribution >= 0.6 is 12.4 Å². The third-order valence-corrected chi connectivity index (χ3v) is 3.47. The van der Waals surface area contributed by atoms with Crippen molar-refractivity contribution < 1.29 is 9.53 Å². The standard InChI is InChI=1S/C15H22N2O2.ClH/c1-3-19-14-8-4-6-12(10-14)15(18)17-9-5-7-13(17)11-16-2;/h4,6,8,10,13,16H,3,5,7,9,11H2,1-2H3;1H. The van der Waals surface area contributed by atoms with Crippen LogP contribution in [0.25, 0.3) is 0 Å². The third kappa shape index (κ3) is 3.87. The van der Waals surface area contributed by atoms with Gasteiger partial charge in [-0.25, -0.2) is 0 Å². The number of amides is 1. The summed E-state index contributed by atoms with van der Waals surface area (Å²) in [5, 5.41) is 3.16. The van der Waals surface area contributed by atoms with E-state index in [0.29, 0.717) is 18.2 Å². The Labute approximate surface area is 126 Å². The van der Waals surface area contributed by atoms with E-state index in [9.17, 15) is 4.79 Å². The molecule has 1 heterocycles. The molecule has 112 valence electrons. The van der Waals surface area contributed by atoms with Crippen LogP contribution in [0.4, 0.5) is 0 Å². The number of likely N-dealkylation sites (tertiary alicyclic amines) is 1. The lowest BCUT2D eigenvalue weighted by molar-refractivity contribution is 0.0736. The van der Waals surface area contributed by atoms with Crippen LogP contribution in [-0.2, 0) is 0 Å². The monoisotopic (exact) mass is 298 g/mol. The van der Waals surface area contributed by atoms with E-state index >= 15 is 0 Å². The molecule has 1 aliphatic rings. The second-order valence-corrected chi connectivity index (χ2v) is 4.81. The molecule has 0 aromatic heterocycles. The Morgan fingerprint density at radius 3 is 3.00 bits per heavy atom. The second-order valence-electron chi connectivity index (χ2n) is 4.81. The molecule has 0 bridgehead atoms. The Hall–Kier alpha value is -1.26. The van der Waals surface area contributed by atoms with E-state index in [1.807, 2.05) is 43.1 Å². The average Bonchev–Trinajstić information content (AvgIpc) is 2.87. The molecule has 20 heavy (non-hydrogen) atoms. The number of rotatable bonds is 5. The number of nitrogens with zero attached hydrogens (tertiary/aromatic N) is 1. The van der Waals surface area contributed by atoms with Crippen molar-refractivity contribution in [2.75, 3.05) is 26.7 Å². The van der Waals surface area contributed by atoms with Crippen LogP contribution in [0.5, 0.6) is 5.75 Å². The van der Waals surface area contributed by atoms with Gasteiger partial charge in [-0.2, -0.15) is 0 Å². The minimum atomic E-state index is 0.